The summed E-state index contributed by atoms with van der Waals surface area (Å²) in [6.07, 6.45) is 0. The Balaban J connectivity index is 4.05. The summed E-state index contributed by atoms with van der Waals surface area (Å²) in [5.74, 6) is -0.843. The molecule has 5 N–H and O–H groups in total. The Morgan fingerprint density at radius 1 is 1.17 bits per heavy atom. The number of nitrogens with two attached hydrogens (primary N) is 1. The maximum Gasteiger partial charge on any atom is 0.318 e. The number of ether oxygens (including phenoxy) is 1. The molecule has 0 bridgehead atoms. The number of imide groups is 1. The van der Waals surface area contributed by atoms with E-state index in [2.05, 4.69) is 10.6 Å². The maximum absolute atomic E-state index is 11.5. The fraction of sp³-hybridized carbons (Fsp3) is 0.700. The van der Waals surface area contributed by atoms with Crippen molar-refractivity contribution < 1.29 is 19.1 Å². The zero-order valence-electron chi connectivity index (χ0n) is 10.8. The lowest BCUT2D eigenvalue weighted by Gasteiger charge is -2.18. The number of primary amides is 1. The van der Waals surface area contributed by atoms with E-state index < -0.39 is 24.0 Å². The number of amides is 4. The molecule has 18 heavy (non-hydrogen) atoms. The molecule has 0 heterocycles. The first-order chi connectivity index (χ1) is 8.38. The Kier molecular flexibility index (Phi) is 7.64. The van der Waals surface area contributed by atoms with Crippen molar-refractivity contribution in [3.63, 3.8) is 0 Å². The molecule has 0 aromatic carbocycles. The first kappa shape index (κ1) is 16.3. The molecule has 0 aliphatic rings. The maximum atomic E-state index is 11.5. The molecular formula is C10H20N4O4. The fourth-order valence-electron chi connectivity index (χ4n) is 1.19. The van der Waals surface area contributed by atoms with Crippen LogP contribution in [0.2, 0.25) is 0 Å². The number of hydrogen-bond donors (Lipinski definition) is 4. The van der Waals surface area contributed by atoms with Crippen molar-refractivity contribution in [2.45, 2.75) is 25.9 Å². The Morgan fingerprint density at radius 3 is 2.22 bits per heavy atom. The summed E-state index contributed by atoms with van der Waals surface area (Å²) < 4.78 is 4.78. The summed E-state index contributed by atoms with van der Waals surface area (Å²) in [6, 6.07) is -2.21. The van der Waals surface area contributed by atoms with Gasteiger partial charge in [-0.2, -0.15) is 0 Å². The molecule has 0 spiro atoms. The zero-order valence-corrected chi connectivity index (χ0v) is 10.8. The predicted molar refractivity (Wildman–Crippen MR) is 64.7 cm³/mol. The van der Waals surface area contributed by atoms with Gasteiger partial charge in [-0.1, -0.05) is 0 Å². The largest absolute Gasteiger partial charge is 0.383 e. The molecule has 8 heteroatoms. The highest BCUT2D eigenvalue weighted by Crippen LogP contribution is 1.88. The van der Waals surface area contributed by atoms with Gasteiger partial charge in [-0.3, -0.25) is 20.2 Å². The summed E-state index contributed by atoms with van der Waals surface area (Å²) >= 11 is 0. The Hall–Kier alpha value is -1.67. The standard InChI is InChI=1S/C10H20N4O4/c1-6(8(15)12-4-5-18-3)13-7(2)9(16)14-10(11)17/h6-7,13H,4-5H2,1-3H3,(H,12,15)(H3,11,14,16,17). The van der Waals surface area contributed by atoms with Crippen LogP contribution in [0.1, 0.15) is 13.8 Å². The van der Waals surface area contributed by atoms with Gasteiger partial charge in [-0.25, -0.2) is 4.79 Å². The number of hydrogen-bond acceptors (Lipinski definition) is 5. The van der Waals surface area contributed by atoms with Crippen LogP contribution >= 0.6 is 0 Å². The van der Waals surface area contributed by atoms with Crippen molar-refractivity contribution in [2.75, 3.05) is 20.3 Å². The highest BCUT2D eigenvalue weighted by atomic mass is 16.5. The van der Waals surface area contributed by atoms with Crippen molar-refractivity contribution in [1.82, 2.24) is 16.0 Å². The monoisotopic (exact) mass is 260 g/mol. The third-order valence-corrected chi connectivity index (χ3v) is 2.14. The minimum absolute atomic E-state index is 0.259. The van der Waals surface area contributed by atoms with Gasteiger partial charge in [-0.15, -0.1) is 0 Å². The molecule has 104 valence electrons. The predicted octanol–water partition coefficient (Wildman–Crippen LogP) is -1.69. The molecule has 0 saturated carbocycles. The highest BCUT2D eigenvalue weighted by Gasteiger charge is 2.20. The van der Waals surface area contributed by atoms with Crippen LogP contribution in [0.25, 0.3) is 0 Å². The fourth-order valence-corrected chi connectivity index (χ4v) is 1.19. The molecule has 0 aromatic rings. The van der Waals surface area contributed by atoms with E-state index in [4.69, 9.17) is 10.5 Å². The van der Waals surface area contributed by atoms with Gasteiger partial charge >= 0.3 is 6.03 Å². The van der Waals surface area contributed by atoms with Crippen LogP contribution in [0, 0.1) is 0 Å². The third-order valence-electron chi connectivity index (χ3n) is 2.14. The van der Waals surface area contributed by atoms with E-state index in [0.717, 1.165) is 0 Å². The smallest absolute Gasteiger partial charge is 0.318 e. The molecule has 4 amide bonds. The summed E-state index contributed by atoms with van der Waals surface area (Å²) in [4.78, 5) is 33.4. The topological polar surface area (TPSA) is 123 Å². The number of nitrogens with one attached hydrogen (secondary N) is 3. The molecule has 0 saturated heterocycles. The minimum atomic E-state index is -0.925. The minimum Gasteiger partial charge on any atom is -0.383 e. The van der Waals surface area contributed by atoms with Crippen molar-refractivity contribution >= 4 is 17.8 Å². The molecule has 0 aliphatic heterocycles. The molecule has 2 atom stereocenters. The summed E-state index contributed by atoms with van der Waals surface area (Å²) in [5, 5.41) is 7.28. The number of carbonyl (C=O) groups excluding carboxylic acids is 3. The van der Waals surface area contributed by atoms with E-state index in [9.17, 15) is 14.4 Å². The van der Waals surface area contributed by atoms with E-state index in [0.29, 0.717) is 13.2 Å². The second kappa shape index (κ2) is 8.43. The lowest BCUT2D eigenvalue weighted by Crippen LogP contribution is -2.52. The van der Waals surface area contributed by atoms with Crippen molar-refractivity contribution in [3.8, 4) is 0 Å². The van der Waals surface area contributed by atoms with Crippen LogP contribution in [-0.4, -0.2) is 50.2 Å². The van der Waals surface area contributed by atoms with Crippen LogP contribution in [-0.2, 0) is 14.3 Å². The SMILES string of the molecule is COCCNC(=O)C(C)NC(C)C(=O)NC(N)=O. The van der Waals surface area contributed by atoms with Gasteiger partial charge in [-0.05, 0) is 13.8 Å². The Bertz CT molecular complexity index is 308. The Labute approximate surface area is 106 Å². The lowest BCUT2D eigenvalue weighted by atomic mass is 10.2. The number of carbonyl (C=O) groups is 3. The van der Waals surface area contributed by atoms with E-state index in [1.807, 2.05) is 5.32 Å². The van der Waals surface area contributed by atoms with Crippen LogP contribution in [0.3, 0.4) is 0 Å². The quantitative estimate of drug-likeness (QED) is 0.407. The van der Waals surface area contributed by atoms with Crippen LogP contribution in [0.5, 0.6) is 0 Å². The molecular weight excluding hydrogens is 240 g/mol. The van der Waals surface area contributed by atoms with E-state index >= 15 is 0 Å². The van der Waals surface area contributed by atoms with Crippen molar-refractivity contribution in [2.24, 2.45) is 5.73 Å². The van der Waals surface area contributed by atoms with E-state index in [1.165, 1.54) is 14.0 Å². The highest BCUT2D eigenvalue weighted by molar-refractivity contribution is 5.96. The molecule has 2 unspecified atom stereocenters. The Morgan fingerprint density at radius 2 is 1.72 bits per heavy atom. The summed E-state index contributed by atoms with van der Waals surface area (Å²) in [7, 11) is 1.53. The third kappa shape index (κ3) is 6.81. The van der Waals surface area contributed by atoms with Gasteiger partial charge in [0.15, 0.2) is 0 Å². The summed E-state index contributed by atoms with van der Waals surface area (Å²) in [5.41, 5.74) is 4.81. The second-order valence-corrected chi connectivity index (χ2v) is 3.75. The molecule has 8 nitrogen and oxygen atoms in total. The number of urea groups is 1. The van der Waals surface area contributed by atoms with E-state index in [-0.39, 0.29) is 5.91 Å². The molecule has 0 aliphatic carbocycles. The van der Waals surface area contributed by atoms with Gasteiger partial charge in [0.25, 0.3) is 0 Å². The molecule has 0 fully saturated rings. The normalized spacial score (nSPS) is 13.5. The number of rotatable bonds is 7. The van der Waals surface area contributed by atoms with Gasteiger partial charge in [0, 0.05) is 13.7 Å². The van der Waals surface area contributed by atoms with Crippen LogP contribution < -0.4 is 21.7 Å². The first-order valence-electron chi connectivity index (χ1n) is 5.51. The van der Waals surface area contributed by atoms with Gasteiger partial charge in [0.2, 0.25) is 11.8 Å². The summed E-state index contributed by atoms with van der Waals surface area (Å²) in [6.45, 7) is 3.94. The first-order valence-corrected chi connectivity index (χ1v) is 5.51. The second-order valence-electron chi connectivity index (χ2n) is 3.75. The molecule has 0 radical (unpaired) electrons. The van der Waals surface area contributed by atoms with Gasteiger partial charge in [0.05, 0.1) is 18.7 Å². The van der Waals surface area contributed by atoms with E-state index in [1.54, 1.807) is 6.92 Å². The van der Waals surface area contributed by atoms with Gasteiger partial charge in [0.1, 0.15) is 0 Å². The van der Waals surface area contributed by atoms with Crippen molar-refractivity contribution in [1.29, 1.82) is 0 Å². The molecule has 0 rings (SSSR count). The van der Waals surface area contributed by atoms with Crippen molar-refractivity contribution in [3.05, 3.63) is 0 Å². The lowest BCUT2D eigenvalue weighted by molar-refractivity contribution is -0.124. The average molecular weight is 260 g/mol. The van der Waals surface area contributed by atoms with Gasteiger partial charge < -0.3 is 15.8 Å². The zero-order chi connectivity index (χ0) is 14.1. The molecule has 0 aromatic heterocycles. The van der Waals surface area contributed by atoms with Crippen LogP contribution in [0.15, 0.2) is 0 Å². The average Bonchev–Trinajstić information content (AvgIpc) is 2.28. The number of methoxy groups -OCH3 is 1. The van der Waals surface area contributed by atoms with Crippen LogP contribution in [0.4, 0.5) is 4.79 Å².